The van der Waals surface area contributed by atoms with Crippen LogP contribution >= 0.6 is 0 Å². The zero-order chi connectivity index (χ0) is 16.8. The van der Waals surface area contributed by atoms with Crippen LogP contribution in [0, 0.1) is 0 Å². The van der Waals surface area contributed by atoms with Crippen molar-refractivity contribution >= 4 is 17.8 Å². The highest BCUT2D eigenvalue weighted by atomic mass is 16.6. The molecule has 2 amide bonds. The van der Waals surface area contributed by atoms with Crippen molar-refractivity contribution in [3.05, 3.63) is 12.3 Å². The number of carbonyl (C=O) groups excluding carboxylic acids is 2. The van der Waals surface area contributed by atoms with E-state index >= 15 is 0 Å². The molecule has 0 fully saturated rings. The van der Waals surface area contributed by atoms with Crippen LogP contribution in [0.15, 0.2) is 12.3 Å². The molecule has 1 aromatic rings. The van der Waals surface area contributed by atoms with E-state index < -0.39 is 11.7 Å². The van der Waals surface area contributed by atoms with Crippen molar-refractivity contribution in [2.45, 2.75) is 59.1 Å². The summed E-state index contributed by atoms with van der Waals surface area (Å²) in [5.41, 5.74) is -0.546. The number of hydrogen-bond donors (Lipinski definition) is 2. The first-order valence-electron chi connectivity index (χ1n) is 7.53. The van der Waals surface area contributed by atoms with E-state index in [1.807, 2.05) is 6.92 Å². The van der Waals surface area contributed by atoms with Crippen LogP contribution in [-0.2, 0) is 9.53 Å². The molecule has 0 spiro atoms. The number of hydrogen-bond acceptors (Lipinski definition) is 4. The third-order valence-electron chi connectivity index (χ3n) is 2.97. The Balaban J connectivity index is 2.39. The van der Waals surface area contributed by atoms with Crippen LogP contribution in [0.3, 0.4) is 0 Å². The van der Waals surface area contributed by atoms with Gasteiger partial charge in [-0.05, 0) is 34.1 Å². The summed E-state index contributed by atoms with van der Waals surface area (Å²) >= 11 is 0. The largest absolute Gasteiger partial charge is 0.444 e. The maximum atomic E-state index is 11.9. The van der Waals surface area contributed by atoms with Crippen LogP contribution in [0.2, 0.25) is 0 Å². The van der Waals surface area contributed by atoms with Crippen molar-refractivity contribution in [3.63, 3.8) is 0 Å². The maximum Gasteiger partial charge on any atom is 0.407 e. The molecule has 0 radical (unpaired) electrons. The quantitative estimate of drug-likeness (QED) is 0.846. The molecule has 7 heteroatoms. The average molecular weight is 310 g/mol. The Morgan fingerprint density at radius 1 is 1.41 bits per heavy atom. The zero-order valence-electron chi connectivity index (χ0n) is 14.0. The van der Waals surface area contributed by atoms with Crippen molar-refractivity contribution in [2.75, 3.05) is 11.9 Å². The SMILES string of the molecule is CCC(C)n1nccc1NC(=O)CCNC(=O)OC(C)(C)C. The predicted molar refractivity (Wildman–Crippen MR) is 84.7 cm³/mol. The lowest BCUT2D eigenvalue weighted by atomic mass is 10.2. The number of amides is 2. The highest BCUT2D eigenvalue weighted by Crippen LogP contribution is 2.16. The fourth-order valence-electron chi connectivity index (χ4n) is 1.74. The summed E-state index contributed by atoms with van der Waals surface area (Å²) < 4.78 is 6.87. The van der Waals surface area contributed by atoms with E-state index in [-0.39, 0.29) is 24.9 Å². The van der Waals surface area contributed by atoms with Gasteiger partial charge in [-0.2, -0.15) is 5.10 Å². The van der Waals surface area contributed by atoms with Crippen molar-refractivity contribution in [1.29, 1.82) is 0 Å². The summed E-state index contributed by atoms with van der Waals surface area (Å²) in [5.74, 6) is 0.484. The van der Waals surface area contributed by atoms with Gasteiger partial charge in [0.1, 0.15) is 11.4 Å². The fraction of sp³-hybridized carbons (Fsp3) is 0.667. The molecule has 1 atom stereocenters. The number of alkyl carbamates (subject to hydrolysis) is 1. The standard InChI is InChI=1S/C15H26N4O3/c1-6-11(2)19-12(7-10-17-19)18-13(20)8-9-16-14(21)22-15(3,4)5/h7,10-11H,6,8-9H2,1-5H3,(H,16,21)(H,18,20). The summed E-state index contributed by atoms with van der Waals surface area (Å²) in [6.45, 7) is 9.67. The van der Waals surface area contributed by atoms with Gasteiger partial charge in [0.25, 0.3) is 0 Å². The van der Waals surface area contributed by atoms with E-state index in [1.165, 1.54) is 0 Å². The molecule has 1 aromatic heterocycles. The Morgan fingerprint density at radius 2 is 2.09 bits per heavy atom. The number of rotatable bonds is 6. The van der Waals surface area contributed by atoms with Gasteiger partial charge in [-0.25, -0.2) is 9.48 Å². The molecule has 124 valence electrons. The number of anilines is 1. The number of nitrogens with one attached hydrogen (secondary N) is 2. The number of aromatic nitrogens is 2. The minimum absolute atomic E-state index is 0.172. The number of nitrogens with zero attached hydrogens (tertiary/aromatic N) is 2. The van der Waals surface area contributed by atoms with Crippen LogP contribution < -0.4 is 10.6 Å². The molecule has 7 nitrogen and oxygen atoms in total. The van der Waals surface area contributed by atoms with E-state index in [0.29, 0.717) is 5.82 Å². The third kappa shape index (κ3) is 6.15. The topological polar surface area (TPSA) is 85.3 Å². The van der Waals surface area contributed by atoms with Crippen LogP contribution in [0.5, 0.6) is 0 Å². The second kappa shape index (κ2) is 7.82. The van der Waals surface area contributed by atoms with Gasteiger partial charge in [0.15, 0.2) is 0 Å². The van der Waals surface area contributed by atoms with Gasteiger partial charge in [-0.1, -0.05) is 6.92 Å². The van der Waals surface area contributed by atoms with E-state index in [1.54, 1.807) is 37.7 Å². The minimum atomic E-state index is -0.546. The molecule has 0 aliphatic carbocycles. The van der Waals surface area contributed by atoms with Crippen LogP contribution in [0.25, 0.3) is 0 Å². The molecule has 1 heterocycles. The molecule has 0 aliphatic heterocycles. The normalized spacial score (nSPS) is 12.6. The second-order valence-electron chi connectivity index (χ2n) is 6.15. The molecule has 22 heavy (non-hydrogen) atoms. The minimum Gasteiger partial charge on any atom is -0.444 e. The zero-order valence-corrected chi connectivity index (χ0v) is 14.0. The summed E-state index contributed by atoms with van der Waals surface area (Å²) in [4.78, 5) is 23.4. The molecule has 1 rings (SSSR count). The number of ether oxygens (including phenoxy) is 1. The van der Waals surface area contributed by atoms with Crippen LogP contribution in [0.4, 0.5) is 10.6 Å². The summed E-state index contributed by atoms with van der Waals surface area (Å²) in [5, 5.41) is 9.55. The first-order chi connectivity index (χ1) is 10.2. The van der Waals surface area contributed by atoms with E-state index in [0.717, 1.165) is 6.42 Å². The molecule has 0 bridgehead atoms. The molecule has 0 saturated carbocycles. The van der Waals surface area contributed by atoms with Gasteiger partial charge in [0.2, 0.25) is 5.91 Å². The van der Waals surface area contributed by atoms with Gasteiger partial charge < -0.3 is 15.4 Å². The Hall–Kier alpha value is -2.05. The summed E-state index contributed by atoms with van der Waals surface area (Å²) in [6, 6.07) is 1.97. The number of carbonyl (C=O) groups is 2. The summed E-state index contributed by atoms with van der Waals surface area (Å²) in [7, 11) is 0. The Bertz CT molecular complexity index is 505. The lowest BCUT2D eigenvalue weighted by molar-refractivity contribution is -0.116. The van der Waals surface area contributed by atoms with Crippen molar-refractivity contribution in [3.8, 4) is 0 Å². The molecule has 0 saturated heterocycles. The lowest BCUT2D eigenvalue weighted by Crippen LogP contribution is -2.34. The first kappa shape index (κ1) is 18.0. The second-order valence-corrected chi connectivity index (χ2v) is 6.15. The molecule has 2 N–H and O–H groups in total. The Kier molecular flexibility index (Phi) is 6.39. The smallest absolute Gasteiger partial charge is 0.407 e. The van der Waals surface area contributed by atoms with Crippen molar-refractivity contribution in [2.24, 2.45) is 0 Å². The highest BCUT2D eigenvalue weighted by Gasteiger charge is 2.16. The summed E-state index contributed by atoms with van der Waals surface area (Å²) in [6.07, 6.45) is 2.22. The monoisotopic (exact) mass is 310 g/mol. The van der Waals surface area contributed by atoms with Gasteiger partial charge in [0.05, 0.1) is 12.2 Å². The molecule has 0 aliphatic rings. The third-order valence-corrected chi connectivity index (χ3v) is 2.97. The van der Waals surface area contributed by atoms with Gasteiger partial charge in [-0.3, -0.25) is 4.79 Å². The Morgan fingerprint density at radius 3 is 2.68 bits per heavy atom. The fourth-order valence-corrected chi connectivity index (χ4v) is 1.74. The van der Waals surface area contributed by atoms with Crippen LogP contribution in [0.1, 0.15) is 53.5 Å². The van der Waals surface area contributed by atoms with E-state index in [4.69, 9.17) is 4.74 Å². The molecular weight excluding hydrogens is 284 g/mol. The average Bonchev–Trinajstić information content (AvgIpc) is 2.83. The molecule has 1 unspecified atom stereocenters. The Labute approximate surface area is 131 Å². The van der Waals surface area contributed by atoms with Crippen LogP contribution in [-0.4, -0.2) is 33.9 Å². The van der Waals surface area contributed by atoms with Gasteiger partial charge in [0, 0.05) is 19.0 Å². The van der Waals surface area contributed by atoms with Gasteiger partial charge in [-0.15, -0.1) is 0 Å². The lowest BCUT2D eigenvalue weighted by Gasteiger charge is -2.19. The van der Waals surface area contributed by atoms with E-state index in [9.17, 15) is 9.59 Å². The molecular formula is C15H26N4O3. The highest BCUT2D eigenvalue weighted by molar-refractivity contribution is 5.90. The first-order valence-corrected chi connectivity index (χ1v) is 7.53. The van der Waals surface area contributed by atoms with Crippen molar-refractivity contribution < 1.29 is 14.3 Å². The maximum absolute atomic E-state index is 11.9. The van der Waals surface area contributed by atoms with Crippen molar-refractivity contribution in [1.82, 2.24) is 15.1 Å². The molecule has 0 aromatic carbocycles. The van der Waals surface area contributed by atoms with E-state index in [2.05, 4.69) is 22.7 Å². The predicted octanol–water partition coefficient (Wildman–Crippen LogP) is 2.71. The van der Waals surface area contributed by atoms with Gasteiger partial charge >= 0.3 is 6.09 Å².